The summed E-state index contributed by atoms with van der Waals surface area (Å²) in [5, 5.41) is 0. The van der Waals surface area contributed by atoms with Crippen LogP contribution < -0.4 is 5.73 Å². The average Bonchev–Trinajstić information content (AvgIpc) is 2.50. The fourth-order valence-corrected chi connectivity index (χ4v) is 4.41. The molecular formula is C17H22BrF2NO. The van der Waals surface area contributed by atoms with Crippen molar-refractivity contribution in [1.29, 1.82) is 0 Å². The Kier molecular flexibility index (Phi) is 5.11. The molecule has 2 rings (SSSR count). The Morgan fingerprint density at radius 1 is 1.23 bits per heavy atom. The molecule has 1 aliphatic rings. The SMILES string of the molecule is [2H]NC(=O)C(c1c(C)cc(Br)cc1C)C1CCC(C(F)F)CC1. The first-order chi connectivity index (χ1) is 10.8. The molecule has 0 radical (unpaired) electrons. The van der Waals surface area contributed by atoms with Gasteiger partial charge in [0, 0.05) is 10.4 Å². The van der Waals surface area contributed by atoms with Crippen LogP contribution in [-0.4, -0.2) is 12.3 Å². The predicted octanol–water partition coefficient (Wildman–Crippen LogP) is 4.71. The molecule has 5 heteroatoms. The van der Waals surface area contributed by atoms with E-state index >= 15 is 0 Å². The average molecular weight is 375 g/mol. The highest BCUT2D eigenvalue weighted by Gasteiger charge is 2.35. The van der Waals surface area contributed by atoms with Gasteiger partial charge in [-0.25, -0.2) is 8.78 Å². The maximum atomic E-state index is 12.9. The summed E-state index contributed by atoms with van der Waals surface area (Å²) >= 11 is 3.45. The highest BCUT2D eigenvalue weighted by Crippen LogP contribution is 2.42. The van der Waals surface area contributed by atoms with Crippen molar-refractivity contribution in [3.05, 3.63) is 33.3 Å². The van der Waals surface area contributed by atoms with Gasteiger partial charge in [0.1, 0.15) is 0 Å². The highest BCUT2D eigenvalue weighted by molar-refractivity contribution is 9.10. The standard InChI is InChI=1S/C17H22BrF2NO/c1-9-7-13(18)8-10(2)14(9)15(17(21)22)11-3-5-12(6-4-11)16(19)20/h7-8,11-12,15-16H,3-6H2,1-2H3,(H2,21,22)/i/hD. The van der Waals surface area contributed by atoms with Gasteiger partial charge < -0.3 is 5.73 Å². The van der Waals surface area contributed by atoms with Crippen molar-refractivity contribution < 1.29 is 15.0 Å². The maximum absolute atomic E-state index is 12.9. The number of hydrogen-bond donors (Lipinski definition) is 1. The van der Waals surface area contributed by atoms with E-state index in [2.05, 4.69) is 15.9 Å². The minimum Gasteiger partial charge on any atom is -0.369 e. The zero-order chi connectivity index (χ0) is 17.1. The van der Waals surface area contributed by atoms with Crippen LogP contribution in [0.15, 0.2) is 16.6 Å². The minimum absolute atomic E-state index is 0.00826. The molecule has 0 aromatic heterocycles. The summed E-state index contributed by atoms with van der Waals surface area (Å²) in [7, 11) is 0. The largest absolute Gasteiger partial charge is 0.369 e. The molecule has 1 fully saturated rings. The number of primary amides is 1. The van der Waals surface area contributed by atoms with Crippen molar-refractivity contribution in [1.82, 2.24) is 0 Å². The Morgan fingerprint density at radius 2 is 1.73 bits per heavy atom. The zero-order valence-corrected chi connectivity index (χ0v) is 14.4. The van der Waals surface area contributed by atoms with E-state index in [-0.39, 0.29) is 11.8 Å². The van der Waals surface area contributed by atoms with Crippen molar-refractivity contribution >= 4 is 21.8 Å². The van der Waals surface area contributed by atoms with Crippen LogP contribution in [0.1, 0.15) is 48.3 Å². The molecule has 0 saturated heterocycles. The number of amides is 1. The second-order valence-corrected chi connectivity index (χ2v) is 7.22. The van der Waals surface area contributed by atoms with Crippen LogP contribution in [0.5, 0.6) is 0 Å². The van der Waals surface area contributed by atoms with E-state index < -0.39 is 18.3 Å². The van der Waals surface area contributed by atoms with Crippen LogP contribution >= 0.6 is 15.9 Å². The second-order valence-electron chi connectivity index (χ2n) is 6.30. The van der Waals surface area contributed by atoms with Gasteiger partial charge in [0.15, 0.2) is 1.41 Å². The van der Waals surface area contributed by atoms with Crippen LogP contribution in [0.2, 0.25) is 1.41 Å². The summed E-state index contributed by atoms with van der Waals surface area (Å²) in [6.45, 7) is 3.89. The summed E-state index contributed by atoms with van der Waals surface area (Å²) in [4.78, 5) is 12.4. The fourth-order valence-electron chi connectivity index (χ4n) is 3.72. The van der Waals surface area contributed by atoms with Crippen molar-refractivity contribution in [3.8, 4) is 0 Å². The maximum Gasteiger partial charge on any atom is 0.241 e. The Balaban J connectivity index is 2.31. The first-order valence-corrected chi connectivity index (χ1v) is 8.40. The summed E-state index contributed by atoms with van der Waals surface area (Å²) in [6, 6.07) is 3.91. The molecule has 2 N–H and O–H groups in total. The molecule has 2 nitrogen and oxygen atoms in total. The zero-order valence-electron chi connectivity index (χ0n) is 13.8. The summed E-state index contributed by atoms with van der Waals surface area (Å²) in [5.41, 5.74) is 4.92. The summed E-state index contributed by atoms with van der Waals surface area (Å²) in [6.07, 6.45) is -0.197. The third kappa shape index (κ3) is 3.67. The molecule has 0 aliphatic heterocycles. The molecule has 122 valence electrons. The number of hydrogen-bond acceptors (Lipinski definition) is 1. The van der Waals surface area contributed by atoms with Gasteiger partial charge in [-0.2, -0.15) is 0 Å². The number of carbonyl (C=O) groups excluding carboxylic acids is 1. The molecule has 1 aromatic carbocycles. The smallest absolute Gasteiger partial charge is 0.241 e. The molecule has 0 spiro atoms. The Labute approximate surface area is 140 Å². The molecule has 0 bridgehead atoms. The van der Waals surface area contributed by atoms with Crippen molar-refractivity contribution in [3.63, 3.8) is 0 Å². The van der Waals surface area contributed by atoms with Gasteiger partial charge >= 0.3 is 0 Å². The van der Waals surface area contributed by atoms with Gasteiger partial charge in [-0.1, -0.05) is 15.9 Å². The molecule has 1 aromatic rings. The number of aryl methyl sites for hydroxylation is 2. The van der Waals surface area contributed by atoms with Crippen LogP contribution in [0.3, 0.4) is 0 Å². The number of nitrogens with two attached hydrogens (primary N) is 1. The Bertz CT molecular complexity index is 551. The lowest BCUT2D eigenvalue weighted by Gasteiger charge is -2.33. The van der Waals surface area contributed by atoms with Gasteiger partial charge in [-0.3, -0.25) is 4.79 Å². The van der Waals surface area contributed by atoms with Crippen molar-refractivity contribution in [2.24, 2.45) is 17.6 Å². The first kappa shape index (κ1) is 15.9. The lowest BCUT2D eigenvalue weighted by Crippen LogP contribution is -2.32. The Morgan fingerprint density at radius 3 is 2.18 bits per heavy atom. The molecule has 1 amide bonds. The quantitative estimate of drug-likeness (QED) is 0.814. The topological polar surface area (TPSA) is 43.1 Å². The number of benzene rings is 1. The highest BCUT2D eigenvalue weighted by atomic mass is 79.9. The third-order valence-electron chi connectivity index (χ3n) is 4.80. The fraction of sp³-hybridized carbons (Fsp3) is 0.588. The molecule has 0 heterocycles. The van der Waals surface area contributed by atoms with Crippen LogP contribution in [0.25, 0.3) is 0 Å². The van der Waals surface area contributed by atoms with Crippen molar-refractivity contribution in [2.75, 3.05) is 0 Å². The van der Waals surface area contributed by atoms with Crippen LogP contribution in [0.4, 0.5) is 8.78 Å². The van der Waals surface area contributed by atoms with Gasteiger partial charge in [0.05, 0.1) is 5.92 Å². The predicted molar refractivity (Wildman–Crippen MR) is 87.0 cm³/mol. The lowest BCUT2D eigenvalue weighted by molar-refractivity contribution is -0.121. The van der Waals surface area contributed by atoms with Gasteiger partial charge in [0.25, 0.3) is 0 Å². The van der Waals surface area contributed by atoms with E-state index in [1.54, 1.807) is 0 Å². The van der Waals surface area contributed by atoms with Crippen LogP contribution in [0, 0.1) is 25.7 Å². The van der Waals surface area contributed by atoms with Crippen LogP contribution in [-0.2, 0) is 4.79 Å². The molecule has 1 atom stereocenters. The van der Waals surface area contributed by atoms with E-state index in [0.717, 1.165) is 21.2 Å². The minimum atomic E-state index is -2.28. The van der Waals surface area contributed by atoms with E-state index in [1.165, 1.54) is 0 Å². The Hall–Kier alpha value is -0.970. The van der Waals surface area contributed by atoms with Gasteiger partial charge in [0.2, 0.25) is 12.3 Å². The van der Waals surface area contributed by atoms with E-state index in [0.29, 0.717) is 25.7 Å². The number of carbonyl (C=O) groups is 1. The molecule has 22 heavy (non-hydrogen) atoms. The normalized spacial score (nSPS) is 24.0. The third-order valence-corrected chi connectivity index (χ3v) is 5.25. The van der Waals surface area contributed by atoms with Crippen molar-refractivity contribution in [2.45, 2.75) is 51.9 Å². The van der Waals surface area contributed by atoms with Gasteiger partial charge in [-0.15, -0.1) is 0 Å². The van der Waals surface area contributed by atoms with Gasteiger partial charge in [-0.05, 0) is 74.3 Å². The molecule has 1 aliphatic carbocycles. The summed E-state index contributed by atoms with van der Waals surface area (Å²) < 4.78 is 33.9. The number of alkyl halides is 2. The van der Waals surface area contributed by atoms with E-state index in [1.807, 2.05) is 31.7 Å². The lowest BCUT2D eigenvalue weighted by atomic mass is 9.71. The molecule has 1 saturated carbocycles. The number of rotatable bonds is 4. The second kappa shape index (κ2) is 7.07. The van der Waals surface area contributed by atoms with E-state index in [9.17, 15) is 13.6 Å². The number of halogens is 3. The molecule has 1 unspecified atom stereocenters. The van der Waals surface area contributed by atoms with E-state index in [4.69, 9.17) is 1.41 Å². The first-order valence-electron chi connectivity index (χ1n) is 8.11. The monoisotopic (exact) mass is 374 g/mol. The molecular weight excluding hydrogens is 352 g/mol. The summed E-state index contributed by atoms with van der Waals surface area (Å²) in [5.74, 6) is -1.34.